The van der Waals surface area contributed by atoms with Crippen molar-refractivity contribution in [3.8, 4) is 11.5 Å². The molecule has 0 spiro atoms. The van der Waals surface area contributed by atoms with Crippen LogP contribution < -0.4 is 15.2 Å². The van der Waals surface area contributed by atoms with Gasteiger partial charge in [-0.1, -0.05) is 40.7 Å². The Morgan fingerprint density at radius 3 is 1.79 bits per heavy atom. The maximum atomic E-state index is 12.6. The second kappa shape index (κ2) is 15.1. The summed E-state index contributed by atoms with van der Waals surface area (Å²) in [6.45, 7) is 17.8. The first-order chi connectivity index (χ1) is 19.2. The topological polar surface area (TPSA) is 170 Å². The van der Waals surface area contributed by atoms with Crippen molar-refractivity contribution in [2.75, 3.05) is 6.61 Å². The van der Waals surface area contributed by atoms with Gasteiger partial charge in [0.2, 0.25) is 0 Å². The molecular formula is C30H47NO11. The van der Waals surface area contributed by atoms with Crippen LogP contribution in [0.3, 0.4) is 0 Å². The molecule has 0 saturated heterocycles. The summed E-state index contributed by atoms with van der Waals surface area (Å²) in [5, 5.41) is 9.71. The van der Waals surface area contributed by atoms with Gasteiger partial charge >= 0.3 is 24.4 Å². The Bertz CT molecular complexity index is 1090. The van der Waals surface area contributed by atoms with Crippen LogP contribution in [0.5, 0.6) is 11.5 Å². The highest BCUT2D eigenvalue weighted by Gasteiger charge is 2.32. The van der Waals surface area contributed by atoms with E-state index in [1.165, 1.54) is 18.2 Å². The minimum absolute atomic E-state index is 0.0161. The van der Waals surface area contributed by atoms with Crippen molar-refractivity contribution in [2.24, 2.45) is 11.1 Å². The highest BCUT2D eigenvalue weighted by atomic mass is 16.8. The Kier molecular flexibility index (Phi) is 13.1. The van der Waals surface area contributed by atoms with E-state index in [0.717, 1.165) is 0 Å². The largest absolute Gasteiger partial charge is 0.514 e. The molecule has 12 heteroatoms. The van der Waals surface area contributed by atoms with E-state index in [4.69, 9.17) is 34.2 Å². The number of benzene rings is 1. The SMILES string of the molecule is CCC(C)(C)OC(=O)Oc1ccc(C(CC(C)OC(=O)OCC(C)(C)C)[C@H](N)C(=O)O)cc1OC(=O)OC(C)(C)CC. The Morgan fingerprint density at radius 2 is 1.33 bits per heavy atom. The molecule has 1 rings (SSSR count). The highest BCUT2D eigenvalue weighted by molar-refractivity contribution is 5.75. The Morgan fingerprint density at radius 1 is 0.833 bits per heavy atom. The summed E-state index contributed by atoms with van der Waals surface area (Å²) in [7, 11) is 0. The summed E-state index contributed by atoms with van der Waals surface area (Å²) in [6.07, 6.45) is -2.80. The van der Waals surface area contributed by atoms with E-state index < -0.39 is 53.7 Å². The second-order valence-electron chi connectivity index (χ2n) is 12.6. The fraction of sp³-hybridized carbons (Fsp3) is 0.667. The standard InChI is InChI=1S/C30H47NO11/c1-11-29(7,8)41-26(35)39-21-14-13-19(16-22(21)40-27(36)42-30(9,10)12-2)20(23(31)24(32)33)15-18(3)38-25(34)37-17-28(4,5)6/h13-14,16,18,20,23H,11-12,15,17,31H2,1-10H3,(H,32,33)/t18?,20?,23-/m0/s1. The van der Waals surface area contributed by atoms with Gasteiger partial charge in [0.25, 0.3) is 0 Å². The molecule has 238 valence electrons. The first-order valence-electron chi connectivity index (χ1n) is 14.0. The van der Waals surface area contributed by atoms with Gasteiger partial charge in [-0.15, -0.1) is 0 Å². The molecule has 0 heterocycles. The summed E-state index contributed by atoms with van der Waals surface area (Å²) in [5.41, 5.74) is 4.42. The first kappa shape index (κ1) is 36.5. The van der Waals surface area contributed by atoms with E-state index in [2.05, 4.69) is 0 Å². The zero-order valence-electron chi connectivity index (χ0n) is 26.4. The lowest BCUT2D eigenvalue weighted by Gasteiger charge is -2.26. The Labute approximate surface area is 248 Å². The molecule has 3 atom stereocenters. The van der Waals surface area contributed by atoms with Crippen molar-refractivity contribution >= 4 is 24.4 Å². The van der Waals surface area contributed by atoms with Crippen LogP contribution in [0.2, 0.25) is 0 Å². The van der Waals surface area contributed by atoms with Crippen molar-refractivity contribution in [3.63, 3.8) is 0 Å². The van der Waals surface area contributed by atoms with Gasteiger partial charge in [0, 0.05) is 5.92 Å². The molecule has 1 aromatic carbocycles. The number of nitrogens with two attached hydrogens (primary N) is 1. The van der Waals surface area contributed by atoms with Crippen molar-refractivity contribution in [2.45, 2.75) is 118 Å². The normalized spacial score (nSPS) is 14.2. The molecule has 0 amide bonds. The van der Waals surface area contributed by atoms with Crippen LogP contribution in [0, 0.1) is 5.41 Å². The molecule has 0 aliphatic heterocycles. The van der Waals surface area contributed by atoms with Gasteiger partial charge in [0.05, 0.1) is 6.61 Å². The van der Waals surface area contributed by atoms with E-state index in [0.29, 0.717) is 18.4 Å². The van der Waals surface area contributed by atoms with Crippen molar-refractivity contribution < 1.29 is 52.7 Å². The lowest BCUT2D eigenvalue weighted by atomic mass is 9.87. The Balaban J connectivity index is 3.38. The average molecular weight is 598 g/mol. The average Bonchev–Trinajstić information content (AvgIpc) is 2.85. The molecule has 0 aliphatic rings. The summed E-state index contributed by atoms with van der Waals surface area (Å²) in [5.74, 6) is -2.62. The first-order valence-corrected chi connectivity index (χ1v) is 14.0. The number of carboxylic acid groups (broad SMARTS) is 1. The minimum atomic E-state index is -1.43. The van der Waals surface area contributed by atoms with E-state index in [1.807, 2.05) is 34.6 Å². The molecule has 0 bridgehead atoms. The van der Waals surface area contributed by atoms with Crippen molar-refractivity contribution in [3.05, 3.63) is 23.8 Å². The number of hydrogen-bond donors (Lipinski definition) is 2. The molecule has 42 heavy (non-hydrogen) atoms. The van der Waals surface area contributed by atoms with Crippen LogP contribution in [0.4, 0.5) is 14.4 Å². The lowest BCUT2D eigenvalue weighted by Crippen LogP contribution is -2.38. The number of aliphatic carboxylic acids is 1. The molecule has 0 saturated carbocycles. The molecule has 0 aliphatic carbocycles. The van der Waals surface area contributed by atoms with Gasteiger partial charge < -0.3 is 39.3 Å². The van der Waals surface area contributed by atoms with E-state index in [-0.39, 0.29) is 29.9 Å². The number of ether oxygens (including phenoxy) is 6. The number of carboxylic acids is 1. The highest BCUT2D eigenvalue weighted by Crippen LogP contribution is 2.35. The smallest absolute Gasteiger partial charge is 0.480 e. The number of hydrogen-bond acceptors (Lipinski definition) is 11. The molecule has 1 aromatic rings. The van der Waals surface area contributed by atoms with E-state index >= 15 is 0 Å². The monoisotopic (exact) mass is 597 g/mol. The van der Waals surface area contributed by atoms with E-state index in [9.17, 15) is 24.3 Å². The maximum absolute atomic E-state index is 12.6. The van der Waals surface area contributed by atoms with Crippen LogP contribution in [0.25, 0.3) is 0 Å². The van der Waals surface area contributed by atoms with Crippen LogP contribution >= 0.6 is 0 Å². The molecule has 0 aromatic heterocycles. The van der Waals surface area contributed by atoms with Gasteiger partial charge in [-0.2, -0.15) is 0 Å². The Hall–Kier alpha value is -3.54. The second-order valence-corrected chi connectivity index (χ2v) is 12.6. The minimum Gasteiger partial charge on any atom is -0.480 e. The number of carbonyl (C=O) groups excluding carboxylic acids is 3. The summed E-state index contributed by atoms with van der Waals surface area (Å²) in [6, 6.07) is 2.70. The van der Waals surface area contributed by atoms with Gasteiger partial charge in [0.1, 0.15) is 23.3 Å². The van der Waals surface area contributed by atoms with E-state index in [1.54, 1.807) is 34.6 Å². The number of rotatable bonds is 13. The quantitative estimate of drug-likeness (QED) is 0.143. The predicted molar refractivity (Wildman–Crippen MR) is 154 cm³/mol. The maximum Gasteiger partial charge on any atom is 0.514 e. The molecule has 3 N–H and O–H groups in total. The van der Waals surface area contributed by atoms with Gasteiger partial charge in [0.15, 0.2) is 11.5 Å². The summed E-state index contributed by atoms with van der Waals surface area (Å²) < 4.78 is 31.9. The lowest BCUT2D eigenvalue weighted by molar-refractivity contribution is -0.139. The molecular weight excluding hydrogens is 550 g/mol. The fourth-order valence-electron chi connectivity index (χ4n) is 3.28. The molecule has 0 radical (unpaired) electrons. The molecule has 2 unspecified atom stereocenters. The van der Waals surface area contributed by atoms with Crippen LogP contribution in [0.15, 0.2) is 18.2 Å². The van der Waals surface area contributed by atoms with Crippen molar-refractivity contribution in [1.82, 2.24) is 0 Å². The zero-order chi connectivity index (χ0) is 32.5. The van der Waals surface area contributed by atoms with Gasteiger partial charge in [-0.3, -0.25) is 4.79 Å². The third kappa shape index (κ3) is 13.0. The van der Waals surface area contributed by atoms with Gasteiger partial charge in [-0.25, -0.2) is 14.4 Å². The summed E-state index contributed by atoms with van der Waals surface area (Å²) in [4.78, 5) is 49.2. The van der Waals surface area contributed by atoms with Crippen LogP contribution in [-0.2, 0) is 23.7 Å². The van der Waals surface area contributed by atoms with Crippen LogP contribution in [0.1, 0.15) is 100.0 Å². The third-order valence-corrected chi connectivity index (χ3v) is 6.43. The third-order valence-electron chi connectivity index (χ3n) is 6.43. The van der Waals surface area contributed by atoms with Crippen molar-refractivity contribution in [1.29, 1.82) is 0 Å². The number of carbonyl (C=O) groups is 4. The fourth-order valence-corrected chi connectivity index (χ4v) is 3.28. The predicted octanol–water partition coefficient (Wildman–Crippen LogP) is 6.57. The molecule has 12 nitrogen and oxygen atoms in total. The van der Waals surface area contributed by atoms with Crippen LogP contribution in [-0.4, -0.2) is 59.5 Å². The summed E-state index contributed by atoms with van der Waals surface area (Å²) >= 11 is 0. The zero-order valence-corrected chi connectivity index (χ0v) is 26.4. The van der Waals surface area contributed by atoms with Gasteiger partial charge in [-0.05, 0) is 77.0 Å². The molecule has 0 fully saturated rings.